The van der Waals surface area contributed by atoms with E-state index in [4.69, 9.17) is 14.2 Å². The molecule has 4 aromatic carbocycles. The Kier molecular flexibility index (Phi) is 25.7. The molecule has 0 aliphatic heterocycles. The third-order valence-electron chi connectivity index (χ3n) is 19.2. The van der Waals surface area contributed by atoms with Crippen molar-refractivity contribution in [2.45, 2.75) is 59.3 Å². The second-order valence-electron chi connectivity index (χ2n) is 27.0. The van der Waals surface area contributed by atoms with Crippen molar-refractivity contribution in [1.29, 1.82) is 63.1 Å². The largest absolute Gasteiger partial charge is 0.465 e. The van der Waals surface area contributed by atoms with E-state index in [1.54, 1.807) is 127 Å². The highest BCUT2D eigenvalue weighted by atomic mass is 16.5. The summed E-state index contributed by atoms with van der Waals surface area (Å²) in [6, 6.07) is 73.5. The van der Waals surface area contributed by atoms with E-state index in [0.29, 0.717) is 66.8 Å². The summed E-state index contributed by atoms with van der Waals surface area (Å²) < 4.78 is 15.6. The number of methoxy groups -OCH3 is 3. The van der Waals surface area contributed by atoms with Gasteiger partial charge in [0.25, 0.3) is 0 Å². The van der Waals surface area contributed by atoms with Crippen molar-refractivity contribution in [3.8, 4) is 142 Å². The number of nitrogens with zero attached hydrogens (tertiary/aromatic N) is 12. The molecular formula is C99H60N12O6. The van der Waals surface area contributed by atoms with Gasteiger partial charge in [0, 0.05) is 66.8 Å². The van der Waals surface area contributed by atoms with E-state index in [2.05, 4.69) is 35.5 Å². The molecule has 0 amide bonds. The SMILES string of the molecule is COC(=O)c1cc(C(=C(C#N)C#N)C(=C(C#N)C#N)c2ccc(C#Cc3cc(C#Cc4ccc(C(=C(C#N)C#N)C(=C(C#N)C#N)c5cc(C(=O)OC)c6cc(C(C)C)cccc5-6)cc4)cc(C#Cc4ccc(C(=C(C#N)C#N)C(=C(C#N)C#N)c5cc(C(=O)OC)c6cc(C(C)C)cccc5-6)cc4)c3)cc2)c2cccc(C(C)C)cc1-2. The number of hydrogen-bond acceptors (Lipinski definition) is 18. The van der Waals surface area contributed by atoms with Gasteiger partial charge in [-0.15, -0.1) is 0 Å². The zero-order chi connectivity index (χ0) is 84.3. The number of carbonyl (C=O) groups excluding carboxylic acids is 3. The molecule has 6 aliphatic carbocycles. The van der Waals surface area contributed by atoms with Crippen LogP contribution in [-0.2, 0) is 14.2 Å². The van der Waals surface area contributed by atoms with Gasteiger partial charge in [0.05, 0.1) is 38.0 Å². The lowest BCUT2D eigenvalue weighted by Gasteiger charge is -2.14. The van der Waals surface area contributed by atoms with E-state index in [0.717, 1.165) is 16.7 Å². The molecule has 4 aromatic rings. The molecule has 10 rings (SSSR count). The molecule has 0 atom stereocenters. The van der Waals surface area contributed by atoms with Gasteiger partial charge in [-0.3, -0.25) is 0 Å². The average molecular weight is 1510 g/mol. The van der Waals surface area contributed by atoms with Gasteiger partial charge in [0.2, 0.25) is 0 Å². The topological polar surface area (TPSA) is 364 Å². The molecular weight excluding hydrogens is 1450 g/mol. The van der Waals surface area contributed by atoms with Crippen molar-refractivity contribution < 1.29 is 28.6 Å². The fourth-order valence-electron chi connectivity index (χ4n) is 13.4. The molecule has 552 valence electrons. The molecule has 0 spiro atoms. The number of carbonyl (C=O) groups is 3. The van der Waals surface area contributed by atoms with Crippen LogP contribution in [0.5, 0.6) is 0 Å². The molecule has 0 fully saturated rings. The molecule has 0 radical (unpaired) electrons. The van der Waals surface area contributed by atoms with Crippen LogP contribution in [0.2, 0.25) is 0 Å². The van der Waals surface area contributed by atoms with Crippen LogP contribution in [0.15, 0.2) is 215 Å². The molecule has 0 saturated carbocycles. The summed E-state index contributed by atoms with van der Waals surface area (Å²) in [6.45, 7) is 11.9. The number of ether oxygens (including phenoxy) is 3. The van der Waals surface area contributed by atoms with Crippen LogP contribution in [0, 0.1) is 171 Å². The number of hydrogen-bond donors (Lipinski definition) is 0. The van der Waals surface area contributed by atoms with Crippen LogP contribution >= 0.6 is 0 Å². The minimum absolute atomic E-state index is 0.0169. The standard InChI is InChI=1S/C99H60N12O6/c1-58(2)70-13-10-16-79-82(40-70)88(97(112)115-7)43-85(79)94(76(52-106)53-107)91(73(46-100)47-101)67-31-25-61(26-32-67)19-22-64-37-65(23-20-62-27-33-68(34-28-62)92(74(48-102)49-103)95(77(54-108)55-109)86-44-89(98(113)116-8)83-41-71(59(3)4)14-11-17-80(83)86)39-66(38-64)24-21-63-29-35-69(36-30-63)93(75(50-104)51-105)96(78(56-110)57-111)87-45-90(99(114)117-9)84-42-72(60(5)6)15-12-18-81(84)87/h10-18,25-45,58-60H,1-9H3. The van der Waals surface area contributed by atoms with Gasteiger partial charge >= 0.3 is 17.9 Å². The minimum atomic E-state index is -0.703. The van der Waals surface area contributed by atoms with Crippen LogP contribution in [0.4, 0.5) is 0 Å². The predicted molar refractivity (Wildman–Crippen MR) is 438 cm³/mol. The molecule has 0 bridgehead atoms. The first kappa shape index (κ1) is 81.9. The number of fused-ring (bicyclic) bond motifs is 3. The smallest absolute Gasteiger partial charge is 0.338 e. The van der Waals surface area contributed by atoms with Gasteiger partial charge in [0.1, 0.15) is 106 Å². The molecule has 0 unspecified atom stereocenters. The van der Waals surface area contributed by atoms with Crippen molar-refractivity contribution in [3.05, 3.63) is 316 Å². The molecule has 0 saturated heterocycles. The molecule has 117 heavy (non-hydrogen) atoms. The van der Waals surface area contributed by atoms with E-state index in [9.17, 15) is 77.5 Å². The van der Waals surface area contributed by atoms with Crippen molar-refractivity contribution >= 4 is 51.3 Å². The summed E-state index contributed by atoms with van der Waals surface area (Å²) in [7, 11) is 3.67. The first-order valence-corrected chi connectivity index (χ1v) is 35.9. The molecule has 0 N–H and O–H groups in total. The lowest BCUT2D eigenvalue weighted by atomic mass is 9.85. The molecule has 0 heterocycles. The Balaban J connectivity index is 1.10. The van der Waals surface area contributed by atoms with Crippen LogP contribution in [0.1, 0.15) is 174 Å². The summed E-state index contributed by atoms with van der Waals surface area (Å²) in [5, 5.41) is 127. The number of allylic oxidation sites excluding steroid dienone is 12. The monoisotopic (exact) mass is 1510 g/mol. The third kappa shape index (κ3) is 17.1. The van der Waals surface area contributed by atoms with Gasteiger partial charge < -0.3 is 14.2 Å². The molecule has 18 nitrogen and oxygen atoms in total. The van der Waals surface area contributed by atoms with Crippen LogP contribution in [-0.4, -0.2) is 39.2 Å². The van der Waals surface area contributed by atoms with Crippen LogP contribution in [0.3, 0.4) is 0 Å². The van der Waals surface area contributed by atoms with Gasteiger partial charge in [-0.2, -0.15) is 63.1 Å². The van der Waals surface area contributed by atoms with Gasteiger partial charge in [-0.05, 0) is 174 Å². The number of esters is 3. The number of nitriles is 12. The van der Waals surface area contributed by atoms with E-state index in [-0.39, 0.29) is 101 Å². The zero-order valence-electron chi connectivity index (χ0n) is 64.4. The molecule has 0 aromatic heterocycles. The summed E-state index contributed by atoms with van der Waals surface area (Å²) in [5.41, 5.74) is 6.25. The number of benzene rings is 4. The Bertz CT molecular complexity index is 6000. The van der Waals surface area contributed by atoms with Crippen LogP contribution in [0.25, 0.3) is 66.8 Å². The van der Waals surface area contributed by atoms with Crippen molar-refractivity contribution in [3.63, 3.8) is 0 Å². The Hall–Kier alpha value is -17.6. The predicted octanol–water partition coefficient (Wildman–Crippen LogP) is 18.8. The Morgan fingerprint density at radius 3 is 0.641 bits per heavy atom. The fourth-order valence-corrected chi connectivity index (χ4v) is 13.4. The quantitative estimate of drug-likeness (QED) is 0.0302. The van der Waals surface area contributed by atoms with E-state index < -0.39 is 51.3 Å². The highest BCUT2D eigenvalue weighted by Crippen LogP contribution is 2.49. The van der Waals surface area contributed by atoms with Crippen molar-refractivity contribution in [2.24, 2.45) is 0 Å². The summed E-state index contributed by atoms with van der Waals surface area (Å²) in [6.07, 6.45) is 0. The van der Waals surface area contributed by atoms with Crippen molar-refractivity contribution in [1.82, 2.24) is 0 Å². The fraction of sp³-hybridized carbons (Fsp3) is 0.121. The lowest BCUT2D eigenvalue weighted by molar-refractivity contribution is 0.0593. The Labute approximate surface area is 677 Å². The molecule has 6 aliphatic rings. The zero-order valence-corrected chi connectivity index (χ0v) is 64.4. The average Bonchev–Trinajstić information content (AvgIpc) is 1.65. The van der Waals surface area contributed by atoms with Gasteiger partial charge in [-0.1, -0.05) is 186 Å². The summed E-state index contributed by atoms with van der Waals surface area (Å²) in [4.78, 5) is 40.5. The maximum atomic E-state index is 13.5. The Morgan fingerprint density at radius 1 is 0.239 bits per heavy atom. The van der Waals surface area contributed by atoms with Crippen LogP contribution < -0.4 is 0 Å². The maximum Gasteiger partial charge on any atom is 0.338 e. The first-order valence-electron chi connectivity index (χ1n) is 35.9. The Morgan fingerprint density at radius 2 is 0.444 bits per heavy atom. The van der Waals surface area contributed by atoms with Gasteiger partial charge in [0.15, 0.2) is 0 Å². The van der Waals surface area contributed by atoms with Gasteiger partial charge in [-0.25, -0.2) is 14.4 Å². The normalized spacial score (nSPS) is 9.95. The van der Waals surface area contributed by atoms with Crippen molar-refractivity contribution in [2.75, 3.05) is 21.3 Å². The summed E-state index contributed by atoms with van der Waals surface area (Å²) >= 11 is 0. The highest BCUT2D eigenvalue weighted by Gasteiger charge is 2.33. The summed E-state index contributed by atoms with van der Waals surface area (Å²) in [5.74, 6) is 17.0. The van der Waals surface area contributed by atoms with E-state index in [1.165, 1.54) is 39.5 Å². The lowest BCUT2D eigenvalue weighted by Crippen LogP contribution is -2.00. The first-order chi connectivity index (χ1) is 56.6. The minimum Gasteiger partial charge on any atom is -0.465 e. The second-order valence-corrected chi connectivity index (χ2v) is 27.0. The molecule has 18 heteroatoms. The van der Waals surface area contributed by atoms with E-state index >= 15 is 0 Å². The van der Waals surface area contributed by atoms with E-state index in [1.807, 2.05) is 151 Å². The second kappa shape index (κ2) is 36.7. The third-order valence-corrected chi connectivity index (χ3v) is 19.2. The number of rotatable bonds is 15. The maximum absolute atomic E-state index is 13.5. The highest BCUT2D eigenvalue weighted by molar-refractivity contribution is 6.19.